The average Bonchev–Trinajstić information content (AvgIpc) is 2.91. The van der Waals surface area contributed by atoms with E-state index in [2.05, 4.69) is 30.0 Å². The van der Waals surface area contributed by atoms with Crippen molar-refractivity contribution < 1.29 is 28.5 Å². The van der Waals surface area contributed by atoms with Crippen molar-refractivity contribution in [3.63, 3.8) is 0 Å². The summed E-state index contributed by atoms with van der Waals surface area (Å²) in [6, 6.07) is 10.3. The number of ether oxygens (including phenoxy) is 5. The van der Waals surface area contributed by atoms with Crippen LogP contribution in [0, 0.1) is 0 Å². The molecular weight excluding hydrogens is 506 g/mol. The lowest BCUT2D eigenvalue weighted by atomic mass is 9.87. The third-order valence-electron chi connectivity index (χ3n) is 6.76. The van der Waals surface area contributed by atoms with E-state index in [4.69, 9.17) is 23.7 Å². The van der Waals surface area contributed by atoms with E-state index < -0.39 is 0 Å². The van der Waals surface area contributed by atoms with E-state index in [0.717, 1.165) is 50.9 Å². The van der Waals surface area contributed by atoms with Gasteiger partial charge < -0.3 is 28.6 Å². The predicted molar refractivity (Wildman–Crippen MR) is 153 cm³/mol. The molecule has 38 heavy (non-hydrogen) atoms. The maximum Gasteiger partial charge on any atom is 0.338 e. The summed E-state index contributed by atoms with van der Waals surface area (Å²) in [5.41, 5.74) is 3.24. The van der Waals surface area contributed by atoms with Gasteiger partial charge in [-0.2, -0.15) is 0 Å². The van der Waals surface area contributed by atoms with Gasteiger partial charge in [0.2, 0.25) is 5.75 Å². The third kappa shape index (κ3) is 8.43. The van der Waals surface area contributed by atoms with Crippen LogP contribution in [0.15, 0.2) is 30.3 Å². The summed E-state index contributed by atoms with van der Waals surface area (Å²) in [6.07, 6.45) is 5.11. The molecule has 0 saturated carbocycles. The number of hydrogen-bond acceptors (Lipinski definition) is 7. The minimum Gasteiger partial charge on any atom is -0.497 e. The highest BCUT2D eigenvalue weighted by Gasteiger charge is 2.24. The predicted octanol–water partition coefficient (Wildman–Crippen LogP) is 6.13. The smallest absolute Gasteiger partial charge is 0.338 e. The molecule has 1 atom stereocenters. The number of carbonyl (C=O) groups is 1. The van der Waals surface area contributed by atoms with Crippen LogP contribution < -0.4 is 18.9 Å². The van der Waals surface area contributed by atoms with Gasteiger partial charge in [-0.05, 0) is 101 Å². The van der Waals surface area contributed by atoms with Crippen LogP contribution in [0.1, 0.15) is 68.4 Å². The molecule has 0 aliphatic heterocycles. The van der Waals surface area contributed by atoms with Crippen molar-refractivity contribution in [1.29, 1.82) is 0 Å². The van der Waals surface area contributed by atoms with E-state index in [9.17, 15) is 4.79 Å². The minimum atomic E-state index is -0.378. The van der Waals surface area contributed by atoms with Crippen molar-refractivity contribution in [2.24, 2.45) is 0 Å². The molecule has 1 aliphatic carbocycles. The van der Waals surface area contributed by atoms with Crippen molar-refractivity contribution in [3.05, 3.63) is 47.0 Å². The van der Waals surface area contributed by atoms with Crippen LogP contribution in [-0.4, -0.2) is 63.5 Å². The van der Waals surface area contributed by atoms with Gasteiger partial charge in [-0.3, -0.25) is 0 Å². The SMILES string of the molecule is CCOc1cc(C(=O)OCCCCN(CC)C2CCc3cc(OC)ccc3C2)cc(OCC)c1OCC.Cl. The van der Waals surface area contributed by atoms with Crippen LogP contribution in [0.25, 0.3) is 0 Å². The highest BCUT2D eigenvalue weighted by atomic mass is 35.5. The third-order valence-corrected chi connectivity index (χ3v) is 6.76. The van der Waals surface area contributed by atoms with Gasteiger partial charge in [0.25, 0.3) is 0 Å². The number of rotatable bonds is 15. The maximum absolute atomic E-state index is 12.8. The van der Waals surface area contributed by atoms with Gasteiger partial charge in [-0.25, -0.2) is 4.79 Å². The van der Waals surface area contributed by atoms with Crippen molar-refractivity contribution >= 4 is 18.4 Å². The fourth-order valence-corrected chi connectivity index (χ4v) is 4.92. The van der Waals surface area contributed by atoms with Gasteiger partial charge in [-0.15, -0.1) is 12.4 Å². The summed E-state index contributed by atoms with van der Waals surface area (Å²) in [5, 5.41) is 0. The van der Waals surface area contributed by atoms with Gasteiger partial charge in [-0.1, -0.05) is 13.0 Å². The number of hydrogen-bond donors (Lipinski definition) is 0. The summed E-state index contributed by atoms with van der Waals surface area (Å²) in [4.78, 5) is 15.4. The van der Waals surface area contributed by atoms with Gasteiger partial charge in [0.05, 0.1) is 39.1 Å². The quantitative estimate of drug-likeness (QED) is 0.195. The number of halogens is 1. The Morgan fingerprint density at radius 3 is 2.21 bits per heavy atom. The highest BCUT2D eigenvalue weighted by molar-refractivity contribution is 5.91. The summed E-state index contributed by atoms with van der Waals surface area (Å²) in [7, 11) is 1.72. The fourth-order valence-electron chi connectivity index (χ4n) is 4.92. The zero-order valence-corrected chi connectivity index (χ0v) is 24.4. The Labute approximate surface area is 234 Å². The molecule has 8 heteroatoms. The minimum absolute atomic E-state index is 0. The molecule has 1 aliphatic rings. The molecule has 0 aromatic heterocycles. The molecule has 0 amide bonds. The maximum atomic E-state index is 12.8. The number of likely N-dealkylation sites (N-methyl/N-ethyl adjacent to an activating group) is 1. The molecular formula is C30H44ClNO6. The number of benzene rings is 2. The molecule has 0 saturated heterocycles. The molecule has 0 spiro atoms. The number of nitrogens with zero attached hydrogens (tertiary/aromatic N) is 1. The first-order valence-electron chi connectivity index (χ1n) is 13.7. The number of carbonyl (C=O) groups excluding carboxylic acids is 1. The zero-order chi connectivity index (χ0) is 26.6. The van der Waals surface area contributed by atoms with Crippen LogP contribution in [0.2, 0.25) is 0 Å². The molecule has 0 bridgehead atoms. The summed E-state index contributed by atoms with van der Waals surface area (Å²) < 4.78 is 28.1. The highest BCUT2D eigenvalue weighted by Crippen LogP contribution is 2.39. The first-order chi connectivity index (χ1) is 18.0. The number of fused-ring (bicyclic) bond motifs is 1. The van der Waals surface area contributed by atoms with E-state index in [1.54, 1.807) is 19.2 Å². The molecule has 1 unspecified atom stereocenters. The second-order valence-corrected chi connectivity index (χ2v) is 9.10. The molecule has 3 rings (SSSR count). The molecule has 0 N–H and O–H groups in total. The van der Waals surface area contributed by atoms with Crippen molar-refractivity contribution in [2.75, 3.05) is 46.6 Å². The van der Waals surface area contributed by atoms with Crippen molar-refractivity contribution in [1.82, 2.24) is 4.90 Å². The lowest BCUT2D eigenvalue weighted by Crippen LogP contribution is -2.39. The topological polar surface area (TPSA) is 66.5 Å². The molecule has 2 aromatic rings. The largest absolute Gasteiger partial charge is 0.497 e. The van der Waals surface area contributed by atoms with E-state index in [0.29, 0.717) is 55.3 Å². The Bertz CT molecular complexity index is 987. The number of methoxy groups -OCH3 is 1. The molecule has 7 nitrogen and oxygen atoms in total. The fraction of sp³-hybridized carbons (Fsp3) is 0.567. The molecule has 0 radical (unpaired) electrons. The normalized spacial score (nSPS) is 14.3. The van der Waals surface area contributed by atoms with Gasteiger partial charge in [0, 0.05) is 6.04 Å². The van der Waals surface area contributed by atoms with Crippen LogP contribution >= 0.6 is 12.4 Å². The summed E-state index contributed by atoms with van der Waals surface area (Å²) in [5.74, 6) is 2.07. The Balaban J connectivity index is 0.00000507. The van der Waals surface area contributed by atoms with Crippen LogP contribution in [0.4, 0.5) is 0 Å². The Morgan fingerprint density at radius 2 is 1.61 bits per heavy atom. The number of esters is 1. The average molecular weight is 550 g/mol. The Hall–Kier alpha value is -2.64. The van der Waals surface area contributed by atoms with Gasteiger partial charge in [0.1, 0.15) is 5.75 Å². The Morgan fingerprint density at radius 1 is 0.921 bits per heavy atom. The van der Waals surface area contributed by atoms with E-state index in [1.165, 1.54) is 11.1 Å². The molecule has 212 valence electrons. The first kappa shape index (κ1) is 31.6. The van der Waals surface area contributed by atoms with E-state index in [1.807, 2.05) is 20.8 Å². The van der Waals surface area contributed by atoms with Gasteiger partial charge in [0.15, 0.2) is 11.5 Å². The lowest BCUT2D eigenvalue weighted by molar-refractivity contribution is 0.0491. The standard InChI is InChI=1S/C30H43NO6.ClH/c1-6-31(25-14-12-23-19-26(33-5)15-13-22(23)18-25)16-10-11-17-37-30(32)24-20-27(34-7-2)29(36-9-4)28(21-24)35-8-3;/h13,15,19-21,25H,6-12,14,16-18H2,1-5H3;1H. The van der Waals surface area contributed by atoms with Crippen molar-refractivity contribution in [2.45, 2.75) is 65.8 Å². The second kappa shape index (κ2) is 16.4. The zero-order valence-electron chi connectivity index (χ0n) is 23.5. The number of aryl methyl sites for hydroxylation is 1. The van der Waals surface area contributed by atoms with Crippen LogP contribution in [0.5, 0.6) is 23.0 Å². The van der Waals surface area contributed by atoms with E-state index in [-0.39, 0.29) is 18.4 Å². The summed E-state index contributed by atoms with van der Waals surface area (Å²) >= 11 is 0. The molecule has 2 aromatic carbocycles. The van der Waals surface area contributed by atoms with Crippen LogP contribution in [-0.2, 0) is 17.6 Å². The lowest BCUT2D eigenvalue weighted by Gasteiger charge is -2.34. The van der Waals surface area contributed by atoms with Gasteiger partial charge >= 0.3 is 5.97 Å². The first-order valence-corrected chi connectivity index (χ1v) is 13.7. The van der Waals surface area contributed by atoms with E-state index >= 15 is 0 Å². The summed E-state index contributed by atoms with van der Waals surface area (Å²) in [6.45, 7) is 11.7. The Kier molecular flexibility index (Phi) is 13.6. The second-order valence-electron chi connectivity index (χ2n) is 9.10. The molecule has 0 fully saturated rings. The molecule has 0 heterocycles. The van der Waals surface area contributed by atoms with Crippen LogP contribution in [0.3, 0.4) is 0 Å². The number of unbranched alkanes of at least 4 members (excludes halogenated alkanes) is 1. The van der Waals surface area contributed by atoms with Crippen molar-refractivity contribution in [3.8, 4) is 23.0 Å². The monoisotopic (exact) mass is 549 g/mol.